The van der Waals surface area contributed by atoms with Gasteiger partial charge in [0.2, 0.25) is 0 Å². The molecule has 0 spiro atoms. The molecule has 0 aromatic heterocycles. The number of carbonyl (C=O) groups excluding carboxylic acids is 1. The summed E-state index contributed by atoms with van der Waals surface area (Å²) >= 11 is 6.24. The predicted octanol–water partition coefficient (Wildman–Crippen LogP) is 4.16. The highest BCUT2D eigenvalue weighted by molar-refractivity contribution is 6.32. The lowest BCUT2D eigenvalue weighted by Crippen LogP contribution is -2.29. The first-order valence-corrected chi connectivity index (χ1v) is 8.85. The number of phenolic OH excluding ortho intramolecular Hbond substituents is 1. The summed E-state index contributed by atoms with van der Waals surface area (Å²) in [7, 11) is 0. The van der Waals surface area contributed by atoms with Crippen LogP contribution < -0.4 is 10.1 Å². The summed E-state index contributed by atoms with van der Waals surface area (Å²) in [5, 5.41) is 21.2. The largest absolute Gasteiger partial charge is 0.508 e. The molecule has 27 heavy (non-hydrogen) atoms. The van der Waals surface area contributed by atoms with Gasteiger partial charge >= 0.3 is 5.97 Å². The number of ether oxygens (including phenoxy) is 1. The Morgan fingerprint density at radius 1 is 1.22 bits per heavy atom. The van der Waals surface area contributed by atoms with Crippen molar-refractivity contribution in [3.63, 3.8) is 0 Å². The Bertz CT molecular complexity index is 864. The molecule has 0 aliphatic carbocycles. The number of aryl methyl sites for hydroxylation is 1. The van der Waals surface area contributed by atoms with Gasteiger partial charge in [-0.3, -0.25) is 9.59 Å². The minimum absolute atomic E-state index is 0.212. The highest BCUT2D eigenvalue weighted by Gasteiger charge is 2.15. The zero-order chi connectivity index (χ0) is 20.1. The fourth-order valence-corrected chi connectivity index (χ4v) is 2.79. The molecule has 0 aliphatic rings. The number of aromatic hydroxyl groups is 1. The third-order valence-electron chi connectivity index (χ3n) is 3.83. The van der Waals surface area contributed by atoms with Crippen molar-refractivity contribution in [3.05, 3.63) is 52.0 Å². The lowest BCUT2D eigenvalue weighted by Gasteiger charge is -2.14. The molecular weight excluding hydrogens is 370 g/mol. The van der Waals surface area contributed by atoms with E-state index in [1.165, 1.54) is 6.07 Å². The number of rotatable bonds is 7. The average molecular weight is 392 g/mol. The number of hydrogen-bond acceptors (Lipinski definition) is 4. The summed E-state index contributed by atoms with van der Waals surface area (Å²) in [6, 6.07) is 8.03. The van der Waals surface area contributed by atoms with E-state index in [0.29, 0.717) is 29.4 Å². The van der Waals surface area contributed by atoms with Gasteiger partial charge in [-0.2, -0.15) is 0 Å². The Labute approximate surface area is 162 Å². The van der Waals surface area contributed by atoms with E-state index in [9.17, 15) is 14.7 Å². The van der Waals surface area contributed by atoms with Gasteiger partial charge in [-0.15, -0.1) is 0 Å². The molecule has 0 unspecified atom stereocenters. The molecule has 0 saturated heterocycles. The number of carboxylic acid groups (broad SMARTS) is 1. The third kappa shape index (κ3) is 5.62. The summed E-state index contributed by atoms with van der Waals surface area (Å²) in [6.07, 6.45) is 0.707. The van der Waals surface area contributed by atoms with Crippen LogP contribution in [0.2, 0.25) is 5.02 Å². The van der Waals surface area contributed by atoms with Crippen LogP contribution in [0.4, 0.5) is 0 Å². The van der Waals surface area contributed by atoms with Crippen molar-refractivity contribution in [2.45, 2.75) is 27.2 Å². The minimum Gasteiger partial charge on any atom is -0.508 e. The van der Waals surface area contributed by atoms with Gasteiger partial charge in [-0.25, -0.2) is 0 Å². The van der Waals surface area contributed by atoms with Crippen molar-refractivity contribution in [3.8, 4) is 17.2 Å². The lowest BCUT2D eigenvalue weighted by molar-refractivity contribution is -0.135. The summed E-state index contributed by atoms with van der Waals surface area (Å²) in [4.78, 5) is 22.7. The molecule has 144 valence electrons. The van der Waals surface area contributed by atoms with Gasteiger partial charge in [0.15, 0.2) is 0 Å². The maximum absolute atomic E-state index is 12.1. The number of aliphatic carboxylic acids is 1. The fraction of sp³-hybridized carbons (Fsp3) is 0.300. The number of carboxylic acids is 1. The molecule has 0 fully saturated rings. The number of amides is 1. The van der Waals surface area contributed by atoms with E-state index in [2.05, 4.69) is 19.2 Å². The van der Waals surface area contributed by atoms with E-state index in [0.717, 1.165) is 5.56 Å². The second kappa shape index (κ2) is 8.77. The maximum Gasteiger partial charge on any atom is 0.322 e. The van der Waals surface area contributed by atoms with Gasteiger partial charge in [-0.1, -0.05) is 25.4 Å². The highest BCUT2D eigenvalue weighted by atomic mass is 35.5. The van der Waals surface area contributed by atoms with Gasteiger partial charge in [0.05, 0.1) is 5.02 Å². The molecule has 0 saturated carbocycles. The average Bonchev–Trinajstić information content (AvgIpc) is 2.58. The molecule has 3 N–H and O–H groups in total. The van der Waals surface area contributed by atoms with Crippen LogP contribution in [0.3, 0.4) is 0 Å². The van der Waals surface area contributed by atoms with Crippen molar-refractivity contribution in [2.24, 2.45) is 5.92 Å². The molecule has 7 heteroatoms. The molecule has 6 nitrogen and oxygen atoms in total. The van der Waals surface area contributed by atoms with Gasteiger partial charge in [-0.05, 0) is 60.7 Å². The van der Waals surface area contributed by atoms with Crippen LogP contribution in [0.1, 0.15) is 35.3 Å². The SMILES string of the molecule is Cc1cc(Oc2ccc(O)c(CC(C)C)c2)c(Cl)cc1C(=O)NCC(=O)O. The monoisotopic (exact) mass is 391 g/mol. The van der Waals surface area contributed by atoms with Crippen LogP contribution in [-0.4, -0.2) is 28.6 Å². The van der Waals surface area contributed by atoms with Gasteiger partial charge in [0, 0.05) is 5.56 Å². The van der Waals surface area contributed by atoms with E-state index in [1.807, 2.05) is 0 Å². The normalized spacial score (nSPS) is 10.7. The molecule has 2 aromatic rings. The Balaban J connectivity index is 2.24. The van der Waals surface area contributed by atoms with E-state index >= 15 is 0 Å². The Hall–Kier alpha value is -2.73. The lowest BCUT2D eigenvalue weighted by atomic mass is 10.0. The van der Waals surface area contributed by atoms with Crippen molar-refractivity contribution in [2.75, 3.05) is 6.54 Å². The highest BCUT2D eigenvalue weighted by Crippen LogP contribution is 2.34. The molecule has 0 aliphatic heterocycles. The van der Waals surface area contributed by atoms with Crippen LogP contribution in [-0.2, 0) is 11.2 Å². The predicted molar refractivity (Wildman–Crippen MR) is 103 cm³/mol. The first-order chi connectivity index (χ1) is 12.7. The fourth-order valence-electron chi connectivity index (χ4n) is 2.58. The van der Waals surface area contributed by atoms with Crippen molar-refractivity contribution >= 4 is 23.5 Å². The zero-order valence-electron chi connectivity index (χ0n) is 15.4. The number of halogens is 1. The Morgan fingerprint density at radius 2 is 1.93 bits per heavy atom. The second-order valence-electron chi connectivity index (χ2n) is 6.66. The molecule has 0 heterocycles. The van der Waals surface area contributed by atoms with E-state index < -0.39 is 18.4 Å². The van der Waals surface area contributed by atoms with Crippen LogP contribution in [0, 0.1) is 12.8 Å². The number of hydrogen-bond donors (Lipinski definition) is 3. The zero-order valence-corrected chi connectivity index (χ0v) is 16.1. The summed E-state index contributed by atoms with van der Waals surface area (Å²) in [5.41, 5.74) is 1.65. The van der Waals surface area contributed by atoms with Crippen LogP contribution in [0.15, 0.2) is 30.3 Å². The number of nitrogens with one attached hydrogen (secondary N) is 1. The molecule has 0 radical (unpaired) electrons. The van der Waals surface area contributed by atoms with Gasteiger partial charge in [0.1, 0.15) is 23.8 Å². The topological polar surface area (TPSA) is 95.9 Å². The quantitative estimate of drug-likeness (QED) is 0.658. The molecule has 1 amide bonds. The molecule has 2 aromatic carbocycles. The molecule has 0 bridgehead atoms. The van der Waals surface area contributed by atoms with E-state index in [-0.39, 0.29) is 16.3 Å². The smallest absolute Gasteiger partial charge is 0.322 e. The second-order valence-corrected chi connectivity index (χ2v) is 7.07. The molecule has 2 rings (SSSR count). The van der Waals surface area contributed by atoms with Gasteiger partial charge < -0.3 is 20.3 Å². The Morgan fingerprint density at radius 3 is 2.56 bits per heavy atom. The maximum atomic E-state index is 12.1. The summed E-state index contributed by atoms with van der Waals surface area (Å²) in [6.45, 7) is 5.35. The van der Waals surface area contributed by atoms with Crippen LogP contribution in [0.5, 0.6) is 17.2 Å². The molecular formula is C20H22ClNO5. The number of benzene rings is 2. The Kier molecular flexibility index (Phi) is 6.69. The van der Waals surface area contributed by atoms with Crippen LogP contribution >= 0.6 is 11.6 Å². The van der Waals surface area contributed by atoms with Crippen molar-refractivity contribution in [1.29, 1.82) is 0 Å². The van der Waals surface area contributed by atoms with Gasteiger partial charge in [0.25, 0.3) is 5.91 Å². The standard InChI is InChI=1S/C20H22ClNO5/c1-11(2)6-13-8-14(4-5-17(13)23)27-18-7-12(3)15(9-16(18)21)20(26)22-10-19(24)25/h4-5,7-9,11,23H,6,10H2,1-3H3,(H,22,26)(H,24,25). The summed E-state index contributed by atoms with van der Waals surface area (Å²) < 4.78 is 5.83. The van der Waals surface area contributed by atoms with E-state index in [1.54, 1.807) is 31.2 Å². The first kappa shape index (κ1) is 20.6. The van der Waals surface area contributed by atoms with E-state index in [4.69, 9.17) is 21.4 Å². The number of carbonyl (C=O) groups is 2. The minimum atomic E-state index is -1.13. The third-order valence-corrected chi connectivity index (χ3v) is 4.13. The van der Waals surface area contributed by atoms with Crippen LogP contribution in [0.25, 0.3) is 0 Å². The molecule has 0 atom stereocenters. The first-order valence-electron chi connectivity index (χ1n) is 8.47. The number of phenols is 1. The van der Waals surface area contributed by atoms with Crippen molar-refractivity contribution in [1.82, 2.24) is 5.32 Å². The summed E-state index contributed by atoms with van der Waals surface area (Å²) in [5.74, 6) is -0.175. The van der Waals surface area contributed by atoms with Crippen molar-refractivity contribution < 1.29 is 24.5 Å².